The second-order valence-electron chi connectivity index (χ2n) is 8.43. The minimum absolute atomic E-state index is 0.0643. The Labute approximate surface area is 215 Å². The standard InChI is InChI=1S/C27H34F3NO6/c1-2-35-24(25(32)33)20-21-12-14-22(15-13-21)36-19-18-31(17-9-4-3-8-16-27(28,29)30)26(34)37-23-10-6-5-7-11-23/h5-7,10-15,24H,2-4,8-9,16-20H2,1H3,(H,32,33). The molecular weight excluding hydrogens is 491 g/mol. The minimum atomic E-state index is -4.15. The Morgan fingerprint density at radius 2 is 1.59 bits per heavy atom. The van der Waals surface area contributed by atoms with E-state index in [9.17, 15) is 27.9 Å². The molecular formula is C27H34F3NO6. The van der Waals surface area contributed by atoms with Gasteiger partial charge in [0, 0.05) is 26.0 Å². The zero-order valence-electron chi connectivity index (χ0n) is 20.9. The van der Waals surface area contributed by atoms with Crippen LogP contribution < -0.4 is 9.47 Å². The van der Waals surface area contributed by atoms with Crippen LogP contribution in [0.5, 0.6) is 11.5 Å². The van der Waals surface area contributed by atoms with Gasteiger partial charge < -0.3 is 24.2 Å². The molecule has 7 nitrogen and oxygen atoms in total. The molecule has 0 aliphatic heterocycles. The van der Waals surface area contributed by atoms with Crippen molar-refractivity contribution >= 4 is 12.1 Å². The molecule has 0 fully saturated rings. The first-order chi connectivity index (χ1) is 17.7. The van der Waals surface area contributed by atoms with Gasteiger partial charge in [0.15, 0.2) is 6.10 Å². The number of alkyl halides is 3. The molecule has 1 atom stereocenters. The Balaban J connectivity index is 1.86. The van der Waals surface area contributed by atoms with Crippen LogP contribution in [-0.4, -0.2) is 60.7 Å². The molecule has 1 unspecified atom stereocenters. The molecule has 10 heteroatoms. The topological polar surface area (TPSA) is 85.3 Å². The minimum Gasteiger partial charge on any atom is -0.492 e. The van der Waals surface area contributed by atoms with Gasteiger partial charge in [0.05, 0.1) is 6.54 Å². The van der Waals surface area contributed by atoms with Crippen LogP contribution in [0.15, 0.2) is 54.6 Å². The Morgan fingerprint density at radius 3 is 2.22 bits per heavy atom. The number of benzene rings is 2. The summed E-state index contributed by atoms with van der Waals surface area (Å²) < 4.78 is 53.3. The van der Waals surface area contributed by atoms with Crippen molar-refractivity contribution in [1.29, 1.82) is 0 Å². The summed E-state index contributed by atoms with van der Waals surface area (Å²) in [5.41, 5.74) is 0.784. The number of aliphatic carboxylic acids is 1. The number of hydrogen-bond acceptors (Lipinski definition) is 5. The smallest absolute Gasteiger partial charge is 0.415 e. The van der Waals surface area contributed by atoms with Crippen LogP contribution in [0.3, 0.4) is 0 Å². The van der Waals surface area contributed by atoms with E-state index in [0.29, 0.717) is 43.9 Å². The lowest BCUT2D eigenvalue weighted by Crippen LogP contribution is -2.37. The number of hydrogen-bond donors (Lipinski definition) is 1. The van der Waals surface area contributed by atoms with E-state index in [-0.39, 0.29) is 26.0 Å². The van der Waals surface area contributed by atoms with Gasteiger partial charge in [0.25, 0.3) is 0 Å². The van der Waals surface area contributed by atoms with Crippen LogP contribution in [0.25, 0.3) is 0 Å². The van der Waals surface area contributed by atoms with Gasteiger partial charge >= 0.3 is 18.2 Å². The first kappa shape index (κ1) is 30.0. The summed E-state index contributed by atoms with van der Waals surface area (Å²) in [5, 5.41) is 9.23. The van der Waals surface area contributed by atoms with E-state index in [0.717, 1.165) is 5.56 Å². The quantitative estimate of drug-likeness (QED) is 0.266. The maximum Gasteiger partial charge on any atom is 0.415 e. The van der Waals surface area contributed by atoms with E-state index < -0.39 is 30.8 Å². The lowest BCUT2D eigenvalue weighted by molar-refractivity contribution is -0.150. The summed E-state index contributed by atoms with van der Waals surface area (Å²) >= 11 is 0. The first-order valence-corrected chi connectivity index (χ1v) is 12.3. The maximum absolute atomic E-state index is 12.7. The van der Waals surface area contributed by atoms with Gasteiger partial charge in [0.2, 0.25) is 0 Å². The van der Waals surface area contributed by atoms with Gasteiger partial charge in [-0.25, -0.2) is 9.59 Å². The average Bonchev–Trinajstić information content (AvgIpc) is 2.85. The fourth-order valence-electron chi connectivity index (χ4n) is 3.56. The van der Waals surface area contributed by atoms with Crippen LogP contribution in [-0.2, 0) is 16.0 Å². The highest BCUT2D eigenvalue weighted by Crippen LogP contribution is 2.23. The van der Waals surface area contributed by atoms with Gasteiger partial charge in [-0.3, -0.25) is 0 Å². The third-order valence-electron chi connectivity index (χ3n) is 5.46. The number of para-hydroxylation sites is 1. The number of carbonyl (C=O) groups excluding carboxylic acids is 1. The van der Waals surface area contributed by atoms with Crippen molar-refractivity contribution in [1.82, 2.24) is 4.90 Å². The molecule has 0 spiro atoms. The number of rotatable bonds is 16. The highest BCUT2D eigenvalue weighted by molar-refractivity contribution is 5.72. The number of carbonyl (C=O) groups is 2. The maximum atomic E-state index is 12.7. The Hall–Kier alpha value is -3.27. The predicted octanol–water partition coefficient (Wildman–Crippen LogP) is 6.11. The molecule has 204 valence electrons. The van der Waals surface area contributed by atoms with Crippen molar-refractivity contribution in [3.05, 3.63) is 60.2 Å². The Bertz CT molecular complexity index is 937. The molecule has 0 bridgehead atoms. The number of carboxylic acids is 1. The zero-order valence-corrected chi connectivity index (χ0v) is 20.9. The molecule has 0 aromatic heterocycles. The fraction of sp³-hybridized carbons (Fsp3) is 0.481. The van der Waals surface area contributed by atoms with Gasteiger partial charge in [0.1, 0.15) is 18.1 Å². The van der Waals surface area contributed by atoms with E-state index in [1.54, 1.807) is 61.5 Å². The molecule has 1 amide bonds. The van der Waals surface area contributed by atoms with Crippen molar-refractivity contribution in [2.24, 2.45) is 0 Å². The average molecular weight is 526 g/mol. The molecule has 0 aliphatic carbocycles. The van der Waals surface area contributed by atoms with Crippen molar-refractivity contribution < 1.29 is 42.1 Å². The SMILES string of the molecule is CCOC(Cc1ccc(OCCN(CCCCCCC(F)(F)F)C(=O)Oc2ccccc2)cc1)C(=O)O. The molecule has 0 heterocycles. The number of unbranched alkanes of at least 4 members (excludes halogenated alkanes) is 3. The molecule has 0 radical (unpaired) electrons. The van der Waals surface area contributed by atoms with Gasteiger partial charge in [-0.1, -0.05) is 43.2 Å². The van der Waals surface area contributed by atoms with E-state index in [1.807, 2.05) is 0 Å². The molecule has 37 heavy (non-hydrogen) atoms. The lowest BCUT2D eigenvalue weighted by atomic mass is 10.1. The Morgan fingerprint density at radius 1 is 0.919 bits per heavy atom. The fourth-order valence-corrected chi connectivity index (χ4v) is 3.56. The second kappa shape index (κ2) is 15.8. The number of ether oxygens (including phenoxy) is 3. The highest BCUT2D eigenvalue weighted by atomic mass is 19.4. The molecule has 0 saturated heterocycles. The monoisotopic (exact) mass is 525 g/mol. The predicted molar refractivity (Wildman–Crippen MR) is 132 cm³/mol. The van der Waals surface area contributed by atoms with Crippen LogP contribution in [0, 0.1) is 0 Å². The van der Waals surface area contributed by atoms with E-state index >= 15 is 0 Å². The molecule has 2 aromatic carbocycles. The summed E-state index contributed by atoms with van der Waals surface area (Å²) in [5.74, 6) is -0.0773. The van der Waals surface area contributed by atoms with Crippen molar-refractivity contribution in [2.45, 2.75) is 57.7 Å². The summed E-state index contributed by atoms with van der Waals surface area (Å²) in [6.07, 6.45) is -4.61. The van der Waals surface area contributed by atoms with Gasteiger partial charge in [-0.05, 0) is 49.6 Å². The third kappa shape index (κ3) is 12.5. The molecule has 0 saturated carbocycles. The van der Waals surface area contributed by atoms with E-state index in [1.165, 1.54) is 4.90 Å². The van der Waals surface area contributed by atoms with Crippen LogP contribution in [0.1, 0.15) is 44.6 Å². The van der Waals surface area contributed by atoms with Crippen molar-refractivity contribution in [2.75, 3.05) is 26.3 Å². The molecule has 2 aromatic rings. The van der Waals surface area contributed by atoms with Crippen molar-refractivity contribution in [3.8, 4) is 11.5 Å². The van der Waals surface area contributed by atoms with Gasteiger partial charge in [-0.2, -0.15) is 13.2 Å². The third-order valence-corrected chi connectivity index (χ3v) is 5.46. The first-order valence-electron chi connectivity index (χ1n) is 12.3. The number of halogens is 3. The summed E-state index contributed by atoms with van der Waals surface area (Å²) in [6.45, 7) is 2.76. The summed E-state index contributed by atoms with van der Waals surface area (Å²) in [6, 6.07) is 15.5. The Kier molecular flexibility index (Phi) is 12.8. The van der Waals surface area contributed by atoms with Crippen molar-refractivity contribution in [3.63, 3.8) is 0 Å². The number of carboxylic acid groups (broad SMARTS) is 1. The molecule has 2 rings (SSSR count). The number of nitrogens with zero attached hydrogens (tertiary/aromatic N) is 1. The summed E-state index contributed by atoms with van der Waals surface area (Å²) in [4.78, 5) is 25.4. The molecule has 1 N–H and O–H groups in total. The van der Waals surface area contributed by atoms with Crippen LogP contribution >= 0.6 is 0 Å². The van der Waals surface area contributed by atoms with E-state index in [2.05, 4.69) is 0 Å². The number of amides is 1. The van der Waals surface area contributed by atoms with Crippen LogP contribution in [0.2, 0.25) is 0 Å². The van der Waals surface area contributed by atoms with Gasteiger partial charge in [-0.15, -0.1) is 0 Å². The van der Waals surface area contributed by atoms with Crippen LogP contribution in [0.4, 0.5) is 18.0 Å². The molecule has 0 aliphatic rings. The zero-order chi connectivity index (χ0) is 27.1. The van der Waals surface area contributed by atoms with E-state index in [4.69, 9.17) is 14.2 Å². The normalized spacial score (nSPS) is 12.1. The largest absolute Gasteiger partial charge is 0.492 e. The summed E-state index contributed by atoms with van der Waals surface area (Å²) in [7, 11) is 0. The lowest BCUT2D eigenvalue weighted by Gasteiger charge is -2.22. The highest BCUT2D eigenvalue weighted by Gasteiger charge is 2.25. The second-order valence-corrected chi connectivity index (χ2v) is 8.43.